The molecule has 0 spiro atoms. The Morgan fingerprint density at radius 3 is 2.81 bits per heavy atom. The van der Waals surface area contributed by atoms with Gasteiger partial charge in [-0.1, -0.05) is 0 Å². The maximum atomic E-state index is 10.6. The highest BCUT2D eigenvalue weighted by molar-refractivity contribution is 7.99. The minimum atomic E-state index is -0.990. The van der Waals surface area contributed by atoms with Crippen LogP contribution in [0.4, 0.5) is 0 Å². The Hall–Kier alpha value is -1.82. The van der Waals surface area contributed by atoms with Gasteiger partial charge in [0, 0.05) is 6.20 Å². The molecule has 5 nitrogen and oxygen atoms in total. The smallest absolute Gasteiger partial charge is 0.337 e. The standard InChI is InChI=1S/C10H8N2O3S/c1-6-5-15-10(12-6)16-8-3-2-7(4-11-8)9(13)14/h2-5H,1H3,(H,13,14). The molecule has 0 aliphatic carbocycles. The van der Waals surface area contributed by atoms with Crippen LogP contribution in [-0.2, 0) is 0 Å². The van der Waals surface area contributed by atoms with E-state index < -0.39 is 5.97 Å². The van der Waals surface area contributed by atoms with E-state index in [1.54, 1.807) is 12.3 Å². The number of nitrogens with zero attached hydrogens (tertiary/aromatic N) is 2. The molecule has 1 N–H and O–H groups in total. The second kappa shape index (κ2) is 4.36. The van der Waals surface area contributed by atoms with Crippen molar-refractivity contribution in [2.45, 2.75) is 17.2 Å². The number of aromatic carboxylic acids is 1. The summed E-state index contributed by atoms with van der Waals surface area (Å²) < 4.78 is 5.14. The van der Waals surface area contributed by atoms with Crippen LogP contribution < -0.4 is 0 Å². The van der Waals surface area contributed by atoms with E-state index in [1.807, 2.05) is 6.92 Å². The summed E-state index contributed by atoms with van der Waals surface area (Å²) >= 11 is 1.25. The molecule has 2 heterocycles. The second-order valence-electron chi connectivity index (χ2n) is 3.05. The van der Waals surface area contributed by atoms with Gasteiger partial charge in [0.1, 0.15) is 11.3 Å². The molecule has 0 saturated carbocycles. The van der Waals surface area contributed by atoms with Crippen LogP contribution in [0.1, 0.15) is 16.1 Å². The fourth-order valence-electron chi connectivity index (χ4n) is 1.04. The molecule has 2 aromatic heterocycles. The molecule has 0 bridgehead atoms. The molecule has 2 rings (SSSR count). The van der Waals surface area contributed by atoms with Crippen molar-refractivity contribution in [2.75, 3.05) is 0 Å². The average molecular weight is 236 g/mol. The van der Waals surface area contributed by atoms with Crippen LogP contribution in [0.2, 0.25) is 0 Å². The molecule has 2 aromatic rings. The Morgan fingerprint density at radius 2 is 2.31 bits per heavy atom. The number of aryl methyl sites for hydroxylation is 1. The lowest BCUT2D eigenvalue weighted by molar-refractivity contribution is 0.0696. The number of hydrogen-bond donors (Lipinski definition) is 1. The largest absolute Gasteiger partial charge is 0.478 e. The summed E-state index contributed by atoms with van der Waals surface area (Å²) in [7, 11) is 0. The highest BCUT2D eigenvalue weighted by Crippen LogP contribution is 2.24. The molecule has 0 aliphatic rings. The number of rotatable bonds is 3. The first-order valence-electron chi connectivity index (χ1n) is 4.44. The SMILES string of the molecule is Cc1coc(Sc2ccc(C(=O)O)cn2)n1. The minimum Gasteiger partial charge on any atom is -0.478 e. The van der Waals surface area contributed by atoms with E-state index in [4.69, 9.17) is 9.52 Å². The van der Waals surface area contributed by atoms with Gasteiger partial charge in [-0.3, -0.25) is 0 Å². The number of carbonyl (C=O) groups is 1. The van der Waals surface area contributed by atoms with E-state index in [0.29, 0.717) is 10.2 Å². The third kappa shape index (κ3) is 2.40. The van der Waals surface area contributed by atoms with E-state index >= 15 is 0 Å². The summed E-state index contributed by atoms with van der Waals surface area (Å²) in [5, 5.41) is 9.83. The molecular weight excluding hydrogens is 228 g/mol. The van der Waals surface area contributed by atoms with Crippen molar-refractivity contribution >= 4 is 17.7 Å². The molecule has 6 heteroatoms. The Morgan fingerprint density at radius 1 is 1.50 bits per heavy atom. The van der Waals surface area contributed by atoms with Gasteiger partial charge in [0.25, 0.3) is 5.22 Å². The van der Waals surface area contributed by atoms with E-state index in [-0.39, 0.29) is 5.56 Å². The summed E-state index contributed by atoms with van der Waals surface area (Å²) in [5.41, 5.74) is 0.956. The highest BCUT2D eigenvalue weighted by atomic mass is 32.2. The molecule has 0 fully saturated rings. The quantitative estimate of drug-likeness (QED) is 0.880. The van der Waals surface area contributed by atoms with Gasteiger partial charge in [-0.05, 0) is 30.8 Å². The Kier molecular flexibility index (Phi) is 2.91. The van der Waals surface area contributed by atoms with E-state index in [1.165, 1.54) is 24.0 Å². The van der Waals surface area contributed by atoms with Crippen LogP contribution in [0.5, 0.6) is 0 Å². The molecule has 0 saturated heterocycles. The maximum Gasteiger partial charge on any atom is 0.337 e. The number of aromatic nitrogens is 2. The fourth-order valence-corrected chi connectivity index (χ4v) is 1.74. The molecule has 0 amide bonds. The van der Waals surface area contributed by atoms with Crippen LogP contribution in [0.15, 0.2) is 39.3 Å². The third-order valence-electron chi connectivity index (χ3n) is 1.77. The Bertz CT molecular complexity index is 507. The first-order valence-corrected chi connectivity index (χ1v) is 5.26. The topological polar surface area (TPSA) is 76.2 Å². The molecule has 16 heavy (non-hydrogen) atoms. The monoisotopic (exact) mass is 236 g/mol. The van der Waals surface area contributed by atoms with Crippen LogP contribution in [0.3, 0.4) is 0 Å². The summed E-state index contributed by atoms with van der Waals surface area (Å²) in [4.78, 5) is 18.7. The fraction of sp³-hybridized carbons (Fsp3) is 0.100. The van der Waals surface area contributed by atoms with E-state index in [2.05, 4.69) is 9.97 Å². The second-order valence-corrected chi connectivity index (χ2v) is 4.02. The van der Waals surface area contributed by atoms with Gasteiger partial charge < -0.3 is 9.52 Å². The molecule has 82 valence electrons. The number of oxazole rings is 1. The summed E-state index contributed by atoms with van der Waals surface area (Å²) in [6.07, 6.45) is 2.86. The van der Waals surface area contributed by atoms with Crippen molar-refractivity contribution in [3.05, 3.63) is 35.9 Å². The lowest BCUT2D eigenvalue weighted by Gasteiger charge is -1.96. The van der Waals surface area contributed by atoms with E-state index in [9.17, 15) is 4.79 Å². The van der Waals surface area contributed by atoms with E-state index in [0.717, 1.165) is 5.69 Å². The van der Waals surface area contributed by atoms with Crippen LogP contribution in [0.25, 0.3) is 0 Å². The molecule has 0 aliphatic heterocycles. The summed E-state index contributed by atoms with van der Waals surface area (Å²) in [6.45, 7) is 1.83. The predicted octanol–water partition coefficient (Wildman–Crippen LogP) is 2.23. The lowest BCUT2D eigenvalue weighted by atomic mass is 10.3. The van der Waals surface area contributed by atoms with Crippen molar-refractivity contribution in [2.24, 2.45) is 0 Å². The Labute approximate surface area is 95.5 Å². The van der Waals surface area contributed by atoms with Gasteiger partial charge in [0.05, 0.1) is 11.3 Å². The predicted molar refractivity (Wildman–Crippen MR) is 56.6 cm³/mol. The first-order chi connectivity index (χ1) is 7.65. The molecule has 0 aromatic carbocycles. The van der Waals surface area contributed by atoms with Gasteiger partial charge in [-0.15, -0.1) is 0 Å². The molecule has 0 radical (unpaired) electrons. The normalized spacial score (nSPS) is 10.3. The van der Waals surface area contributed by atoms with Crippen molar-refractivity contribution < 1.29 is 14.3 Å². The lowest BCUT2D eigenvalue weighted by Crippen LogP contribution is -1.96. The van der Waals surface area contributed by atoms with Crippen molar-refractivity contribution in [3.63, 3.8) is 0 Å². The number of pyridine rings is 1. The van der Waals surface area contributed by atoms with Crippen LogP contribution >= 0.6 is 11.8 Å². The highest BCUT2D eigenvalue weighted by Gasteiger charge is 2.07. The maximum absolute atomic E-state index is 10.6. The van der Waals surface area contributed by atoms with Gasteiger partial charge in [-0.25, -0.2) is 14.8 Å². The number of carboxylic acids is 1. The average Bonchev–Trinajstić information content (AvgIpc) is 2.65. The van der Waals surface area contributed by atoms with Crippen molar-refractivity contribution in [1.82, 2.24) is 9.97 Å². The Balaban J connectivity index is 2.14. The van der Waals surface area contributed by atoms with Gasteiger partial charge in [0.15, 0.2) is 0 Å². The zero-order chi connectivity index (χ0) is 11.5. The van der Waals surface area contributed by atoms with Crippen molar-refractivity contribution in [3.8, 4) is 0 Å². The van der Waals surface area contributed by atoms with Gasteiger partial charge in [-0.2, -0.15) is 0 Å². The first kappa shape index (κ1) is 10.7. The van der Waals surface area contributed by atoms with Gasteiger partial charge >= 0.3 is 5.97 Å². The minimum absolute atomic E-state index is 0.160. The molecule has 0 unspecified atom stereocenters. The summed E-state index contributed by atoms with van der Waals surface area (Å²) in [5.74, 6) is -0.990. The van der Waals surface area contributed by atoms with Crippen LogP contribution in [0, 0.1) is 6.92 Å². The zero-order valence-corrected chi connectivity index (χ0v) is 9.19. The van der Waals surface area contributed by atoms with Gasteiger partial charge in [0.2, 0.25) is 0 Å². The summed E-state index contributed by atoms with van der Waals surface area (Å²) in [6, 6.07) is 3.11. The molecule has 0 atom stereocenters. The zero-order valence-electron chi connectivity index (χ0n) is 8.38. The third-order valence-corrected chi connectivity index (χ3v) is 2.59. The molecular formula is C10H8N2O3S. The number of hydrogen-bond acceptors (Lipinski definition) is 5. The number of carboxylic acid groups (broad SMARTS) is 1. The van der Waals surface area contributed by atoms with Crippen molar-refractivity contribution in [1.29, 1.82) is 0 Å². The van der Waals surface area contributed by atoms with Crippen LogP contribution in [-0.4, -0.2) is 21.0 Å².